The third kappa shape index (κ3) is 8.61. The zero-order chi connectivity index (χ0) is 8.74. The second-order valence-electron chi connectivity index (χ2n) is 1.33. The standard InChI is InChI=1S/C3H4N2.CHNO3S/c1-2-4-5-3-1;2-1-6(3,4)5/h1-3H,(H,4,5);(H,3,4,5). The van der Waals surface area contributed by atoms with Gasteiger partial charge in [0.25, 0.3) is 0 Å². The SMILES string of the molecule is N#CS(=O)(=O)O.c1cn[nH]c1. The molecule has 1 heterocycles. The fourth-order valence-corrected chi connectivity index (χ4v) is 0.215. The largest absolute Gasteiger partial charge is 0.360 e. The molecule has 1 rings (SSSR count). The van der Waals surface area contributed by atoms with E-state index in [4.69, 9.17) is 9.81 Å². The lowest BCUT2D eigenvalue weighted by Crippen LogP contribution is -1.87. The summed E-state index contributed by atoms with van der Waals surface area (Å²) >= 11 is 0. The topological polar surface area (TPSA) is 107 Å². The van der Waals surface area contributed by atoms with Gasteiger partial charge in [-0.2, -0.15) is 18.8 Å². The van der Waals surface area contributed by atoms with Crippen LogP contribution >= 0.6 is 0 Å². The third-order valence-electron chi connectivity index (χ3n) is 0.521. The minimum absolute atomic E-state index is 0.632. The van der Waals surface area contributed by atoms with Crippen molar-refractivity contribution in [3.05, 3.63) is 18.5 Å². The Morgan fingerprint density at radius 3 is 2.27 bits per heavy atom. The average molecular weight is 175 g/mol. The fraction of sp³-hybridized carbons (Fsp3) is 0. The van der Waals surface area contributed by atoms with Gasteiger partial charge in [0.2, 0.25) is 5.40 Å². The normalized spacial score (nSPS) is 9.09. The van der Waals surface area contributed by atoms with E-state index in [0.717, 1.165) is 0 Å². The number of thiocyanates is 1. The van der Waals surface area contributed by atoms with Crippen LogP contribution < -0.4 is 0 Å². The van der Waals surface area contributed by atoms with Gasteiger partial charge >= 0.3 is 10.1 Å². The Morgan fingerprint density at radius 1 is 1.64 bits per heavy atom. The highest BCUT2D eigenvalue weighted by atomic mass is 32.2. The Balaban J connectivity index is 0.000000183. The summed E-state index contributed by atoms with van der Waals surface area (Å²) in [5.74, 6) is 0. The van der Waals surface area contributed by atoms with Gasteiger partial charge in [-0.1, -0.05) is 0 Å². The molecule has 0 aliphatic heterocycles. The lowest BCUT2D eigenvalue weighted by atomic mass is 10.8. The maximum atomic E-state index is 9.19. The predicted molar refractivity (Wildman–Crippen MR) is 35.7 cm³/mol. The van der Waals surface area contributed by atoms with Gasteiger partial charge in [-0.15, -0.1) is 0 Å². The van der Waals surface area contributed by atoms with E-state index >= 15 is 0 Å². The third-order valence-corrected chi connectivity index (χ3v) is 0.752. The Hall–Kier alpha value is -1.39. The van der Waals surface area contributed by atoms with Gasteiger partial charge in [0, 0.05) is 12.4 Å². The summed E-state index contributed by atoms with van der Waals surface area (Å²) in [5, 5.41) is 14.2. The monoisotopic (exact) mass is 175 g/mol. The summed E-state index contributed by atoms with van der Waals surface area (Å²) in [5.41, 5.74) is 0. The molecule has 0 saturated heterocycles. The van der Waals surface area contributed by atoms with Crippen molar-refractivity contribution in [1.82, 2.24) is 10.2 Å². The van der Waals surface area contributed by atoms with Gasteiger partial charge in [0.1, 0.15) is 0 Å². The maximum Gasteiger partial charge on any atom is 0.360 e. The summed E-state index contributed by atoms with van der Waals surface area (Å²) in [6, 6.07) is 1.83. The quantitative estimate of drug-likeness (QED) is 0.321. The van der Waals surface area contributed by atoms with Crippen LogP contribution in [-0.4, -0.2) is 23.2 Å². The van der Waals surface area contributed by atoms with Crippen LogP contribution in [0.15, 0.2) is 18.5 Å². The van der Waals surface area contributed by atoms with Crippen LogP contribution in [0.2, 0.25) is 0 Å². The van der Waals surface area contributed by atoms with Crippen LogP contribution in [0.3, 0.4) is 0 Å². The summed E-state index contributed by atoms with van der Waals surface area (Å²) in [6.07, 6.45) is 3.46. The molecule has 0 aliphatic carbocycles. The Kier molecular flexibility index (Phi) is 3.87. The molecule has 7 heteroatoms. The van der Waals surface area contributed by atoms with Crippen LogP contribution in [0, 0.1) is 10.7 Å². The minimum atomic E-state index is -4.36. The summed E-state index contributed by atoms with van der Waals surface area (Å²) in [6.45, 7) is 0. The first-order valence-corrected chi connectivity index (χ1v) is 3.82. The van der Waals surface area contributed by atoms with Gasteiger partial charge in [-0.3, -0.25) is 9.65 Å². The molecule has 1 aromatic heterocycles. The summed E-state index contributed by atoms with van der Waals surface area (Å²) in [4.78, 5) is 0. The van der Waals surface area contributed by atoms with E-state index in [9.17, 15) is 8.42 Å². The Bertz CT molecular complexity index is 292. The van der Waals surface area contributed by atoms with Crippen molar-refractivity contribution in [2.24, 2.45) is 0 Å². The molecule has 2 N–H and O–H groups in total. The van der Waals surface area contributed by atoms with E-state index in [1.807, 2.05) is 6.07 Å². The Morgan fingerprint density at radius 2 is 2.18 bits per heavy atom. The second kappa shape index (κ2) is 4.43. The van der Waals surface area contributed by atoms with E-state index in [-0.39, 0.29) is 0 Å². The molecule has 6 nitrogen and oxygen atoms in total. The summed E-state index contributed by atoms with van der Waals surface area (Å²) < 4.78 is 25.8. The van der Waals surface area contributed by atoms with Crippen molar-refractivity contribution in [3.8, 4) is 5.40 Å². The summed E-state index contributed by atoms with van der Waals surface area (Å²) in [7, 11) is -4.36. The molecule has 0 atom stereocenters. The molecule has 0 unspecified atom stereocenters. The molecular weight excluding hydrogens is 170 g/mol. The highest BCUT2D eigenvalue weighted by Gasteiger charge is 1.93. The van der Waals surface area contributed by atoms with Crippen LogP contribution in [0.4, 0.5) is 0 Å². The number of nitrogens with zero attached hydrogens (tertiary/aromatic N) is 2. The first-order chi connectivity index (χ1) is 5.06. The molecular formula is C4H5N3O3S. The molecule has 1 aromatic rings. The maximum absolute atomic E-state index is 9.19. The molecule has 0 spiro atoms. The minimum Gasteiger partial charge on any atom is -0.286 e. The fourth-order valence-electron chi connectivity index (χ4n) is 0.215. The van der Waals surface area contributed by atoms with Crippen molar-refractivity contribution in [3.63, 3.8) is 0 Å². The lowest BCUT2D eigenvalue weighted by molar-refractivity contribution is 0.496. The van der Waals surface area contributed by atoms with Gasteiger partial charge in [-0.05, 0) is 6.07 Å². The molecule has 0 saturated carbocycles. The molecule has 0 amide bonds. The number of nitrogens with one attached hydrogen (secondary N) is 1. The molecule has 0 bridgehead atoms. The predicted octanol–water partition coefficient (Wildman–Crippen LogP) is -0.235. The lowest BCUT2D eigenvalue weighted by Gasteiger charge is -1.65. The van der Waals surface area contributed by atoms with E-state index in [1.54, 1.807) is 12.4 Å². The van der Waals surface area contributed by atoms with Crippen molar-refractivity contribution >= 4 is 10.1 Å². The molecule has 60 valence electrons. The Labute approximate surface area is 63.2 Å². The van der Waals surface area contributed by atoms with E-state index in [0.29, 0.717) is 5.40 Å². The van der Waals surface area contributed by atoms with E-state index in [2.05, 4.69) is 10.2 Å². The number of rotatable bonds is 0. The zero-order valence-corrected chi connectivity index (χ0v) is 6.11. The molecule has 0 fully saturated rings. The van der Waals surface area contributed by atoms with Crippen LogP contribution in [0.5, 0.6) is 0 Å². The van der Waals surface area contributed by atoms with Crippen molar-refractivity contribution in [2.45, 2.75) is 0 Å². The second-order valence-corrected chi connectivity index (χ2v) is 2.47. The number of aromatic amines is 1. The van der Waals surface area contributed by atoms with Gasteiger partial charge in [0.15, 0.2) is 0 Å². The first kappa shape index (κ1) is 9.61. The molecule has 0 aromatic carbocycles. The number of aromatic nitrogens is 2. The molecule has 0 aliphatic rings. The van der Waals surface area contributed by atoms with Crippen molar-refractivity contribution in [2.75, 3.05) is 0 Å². The molecule has 11 heavy (non-hydrogen) atoms. The van der Waals surface area contributed by atoms with Crippen LogP contribution in [0.25, 0.3) is 0 Å². The number of H-pyrrole nitrogens is 1. The van der Waals surface area contributed by atoms with Crippen molar-refractivity contribution < 1.29 is 13.0 Å². The van der Waals surface area contributed by atoms with E-state index in [1.165, 1.54) is 0 Å². The van der Waals surface area contributed by atoms with Gasteiger partial charge in [0.05, 0.1) is 0 Å². The highest BCUT2D eigenvalue weighted by Crippen LogP contribution is 1.68. The van der Waals surface area contributed by atoms with Gasteiger partial charge in [-0.25, -0.2) is 0 Å². The average Bonchev–Trinajstić information content (AvgIpc) is 2.41. The molecule has 0 radical (unpaired) electrons. The van der Waals surface area contributed by atoms with E-state index < -0.39 is 10.1 Å². The number of hydrogen-bond acceptors (Lipinski definition) is 4. The highest BCUT2D eigenvalue weighted by molar-refractivity contribution is 7.90. The van der Waals surface area contributed by atoms with Crippen LogP contribution in [-0.2, 0) is 10.1 Å². The number of hydrogen-bond donors (Lipinski definition) is 2. The number of nitriles is 1. The zero-order valence-electron chi connectivity index (χ0n) is 5.30. The van der Waals surface area contributed by atoms with Gasteiger partial charge < -0.3 is 0 Å². The van der Waals surface area contributed by atoms with Crippen LogP contribution in [0.1, 0.15) is 0 Å². The first-order valence-electron chi connectivity index (χ1n) is 2.38. The smallest absolute Gasteiger partial charge is 0.286 e. The van der Waals surface area contributed by atoms with Crippen molar-refractivity contribution in [1.29, 1.82) is 5.26 Å².